The topological polar surface area (TPSA) is 67.6 Å². The number of carboxylic acid groups (broad SMARTS) is 1. The summed E-state index contributed by atoms with van der Waals surface area (Å²) < 4.78 is 7.52. The summed E-state index contributed by atoms with van der Waals surface area (Å²) in [5.41, 5.74) is 6.13. The molecule has 1 aliphatic rings. The van der Waals surface area contributed by atoms with Crippen LogP contribution < -0.4 is 4.74 Å². The molecular weight excluding hydrogens is 354 g/mol. The van der Waals surface area contributed by atoms with Crippen LogP contribution in [0.1, 0.15) is 23.1 Å². The van der Waals surface area contributed by atoms with Crippen molar-refractivity contribution in [3.05, 3.63) is 65.4 Å². The Hall–Kier alpha value is -3.28. The molecule has 0 fully saturated rings. The smallest absolute Gasteiger partial charge is 0.407 e. The summed E-state index contributed by atoms with van der Waals surface area (Å²) in [5, 5.41) is 13.9. The van der Waals surface area contributed by atoms with Crippen molar-refractivity contribution < 1.29 is 14.6 Å². The van der Waals surface area contributed by atoms with E-state index in [1.807, 2.05) is 54.2 Å². The van der Waals surface area contributed by atoms with Gasteiger partial charge < -0.3 is 14.7 Å². The highest BCUT2D eigenvalue weighted by molar-refractivity contribution is 5.65. The first-order valence-corrected chi connectivity index (χ1v) is 9.37. The van der Waals surface area contributed by atoms with Crippen LogP contribution in [0.2, 0.25) is 0 Å². The molecule has 144 valence electrons. The molecule has 28 heavy (non-hydrogen) atoms. The van der Waals surface area contributed by atoms with Crippen LogP contribution >= 0.6 is 0 Å². The van der Waals surface area contributed by atoms with E-state index in [2.05, 4.69) is 6.07 Å². The molecule has 0 aliphatic carbocycles. The van der Waals surface area contributed by atoms with Gasteiger partial charge in [-0.15, -0.1) is 0 Å². The second kappa shape index (κ2) is 7.38. The number of ether oxygens (including phenoxy) is 1. The molecule has 1 N–H and O–H groups in total. The van der Waals surface area contributed by atoms with Crippen LogP contribution in [0, 0.1) is 6.92 Å². The average molecular weight is 377 g/mol. The molecule has 1 aromatic heterocycles. The number of aryl methyl sites for hydroxylation is 2. The van der Waals surface area contributed by atoms with E-state index in [0.29, 0.717) is 6.54 Å². The minimum atomic E-state index is -0.942. The molecule has 0 unspecified atom stereocenters. The first-order valence-electron chi connectivity index (χ1n) is 9.37. The lowest BCUT2D eigenvalue weighted by molar-refractivity contribution is 0.153. The molecule has 2 heterocycles. The van der Waals surface area contributed by atoms with E-state index in [0.717, 1.165) is 53.3 Å². The highest BCUT2D eigenvalue weighted by atomic mass is 16.5. The lowest BCUT2D eigenvalue weighted by atomic mass is 10.0. The Labute approximate surface area is 164 Å². The second-order valence-electron chi connectivity index (χ2n) is 7.17. The number of aromatic nitrogens is 2. The summed E-state index contributed by atoms with van der Waals surface area (Å²) in [5.74, 6) is 0.972. The summed E-state index contributed by atoms with van der Waals surface area (Å²) in [6.45, 7) is 3.11. The Bertz CT molecular complexity index is 1030. The van der Waals surface area contributed by atoms with Gasteiger partial charge in [0.15, 0.2) is 0 Å². The Kier molecular flexibility index (Phi) is 4.77. The number of fused-ring (bicyclic) bond motifs is 1. The van der Waals surface area contributed by atoms with Gasteiger partial charge in [-0.2, -0.15) is 5.10 Å². The van der Waals surface area contributed by atoms with Crippen molar-refractivity contribution in [3.63, 3.8) is 0 Å². The fourth-order valence-electron chi connectivity index (χ4n) is 3.44. The van der Waals surface area contributed by atoms with E-state index in [-0.39, 0.29) is 0 Å². The molecule has 2 aromatic carbocycles. The average Bonchev–Trinajstić information content (AvgIpc) is 3.19. The second-order valence-corrected chi connectivity index (χ2v) is 7.17. The lowest BCUT2D eigenvalue weighted by Crippen LogP contribution is -2.24. The summed E-state index contributed by atoms with van der Waals surface area (Å²) in [6, 6.07) is 14.2. The molecule has 6 heteroatoms. The fraction of sp³-hybridized carbons (Fsp3) is 0.273. The first-order chi connectivity index (χ1) is 13.5. The normalized spacial score (nSPS) is 12.9. The quantitative estimate of drug-likeness (QED) is 0.737. The van der Waals surface area contributed by atoms with Crippen molar-refractivity contribution >= 4 is 6.09 Å². The maximum Gasteiger partial charge on any atom is 0.407 e. The van der Waals surface area contributed by atoms with Crippen LogP contribution in [-0.2, 0) is 13.0 Å². The van der Waals surface area contributed by atoms with Gasteiger partial charge in [-0.1, -0.05) is 6.07 Å². The van der Waals surface area contributed by atoms with Gasteiger partial charge >= 0.3 is 6.09 Å². The number of nitrogens with zero attached hydrogens (tertiary/aromatic N) is 3. The maximum absolute atomic E-state index is 11.1. The lowest BCUT2D eigenvalue weighted by Gasteiger charge is -2.17. The molecule has 4 rings (SSSR count). The number of benzene rings is 2. The Morgan fingerprint density at radius 3 is 2.93 bits per heavy atom. The molecule has 0 bridgehead atoms. The van der Waals surface area contributed by atoms with E-state index >= 15 is 0 Å². The molecule has 1 amide bonds. The Morgan fingerprint density at radius 1 is 1.25 bits per heavy atom. The molecule has 0 radical (unpaired) electrons. The van der Waals surface area contributed by atoms with Gasteiger partial charge in [-0.3, -0.25) is 0 Å². The minimum absolute atomic E-state index is 0.341. The van der Waals surface area contributed by atoms with Crippen molar-refractivity contribution in [1.29, 1.82) is 0 Å². The molecule has 0 atom stereocenters. The predicted molar refractivity (Wildman–Crippen MR) is 107 cm³/mol. The molecule has 0 saturated carbocycles. The number of hydrogen-bond donors (Lipinski definition) is 1. The number of rotatable bonds is 4. The van der Waals surface area contributed by atoms with Crippen LogP contribution in [0.25, 0.3) is 16.9 Å². The molecule has 0 saturated heterocycles. The van der Waals surface area contributed by atoms with E-state index < -0.39 is 6.09 Å². The van der Waals surface area contributed by atoms with Gasteiger partial charge in [-0.05, 0) is 72.9 Å². The van der Waals surface area contributed by atoms with Gasteiger partial charge in [0, 0.05) is 25.4 Å². The largest absolute Gasteiger partial charge is 0.493 e. The van der Waals surface area contributed by atoms with E-state index in [1.165, 1.54) is 10.5 Å². The van der Waals surface area contributed by atoms with Gasteiger partial charge in [0.1, 0.15) is 5.75 Å². The summed E-state index contributed by atoms with van der Waals surface area (Å²) >= 11 is 0. The third kappa shape index (κ3) is 3.58. The van der Waals surface area contributed by atoms with E-state index in [4.69, 9.17) is 14.9 Å². The molecule has 0 spiro atoms. The van der Waals surface area contributed by atoms with Crippen LogP contribution in [0.5, 0.6) is 5.75 Å². The SMILES string of the molecule is Cc1ccc(-n2ccc(-c3ccc4c(c3)CCCO4)n2)cc1CN(C)C(=O)O. The zero-order valence-corrected chi connectivity index (χ0v) is 16.1. The van der Waals surface area contributed by atoms with Crippen LogP contribution in [0.4, 0.5) is 4.79 Å². The number of carbonyl (C=O) groups is 1. The van der Waals surface area contributed by atoms with Crippen LogP contribution in [0.15, 0.2) is 48.7 Å². The Balaban J connectivity index is 1.62. The molecule has 1 aliphatic heterocycles. The number of hydrogen-bond acceptors (Lipinski definition) is 3. The van der Waals surface area contributed by atoms with Crippen molar-refractivity contribution in [1.82, 2.24) is 14.7 Å². The highest BCUT2D eigenvalue weighted by Crippen LogP contribution is 2.29. The summed E-state index contributed by atoms with van der Waals surface area (Å²) in [6.07, 6.45) is 3.06. The van der Waals surface area contributed by atoms with Gasteiger partial charge in [0.25, 0.3) is 0 Å². The van der Waals surface area contributed by atoms with Crippen LogP contribution in [-0.4, -0.2) is 39.5 Å². The van der Waals surface area contributed by atoms with Crippen LogP contribution in [0.3, 0.4) is 0 Å². The van der Waals surface area contributed by atoms with E-state index in [9.17, 15) is 4.79 Å². The van der Waals surface area contributed by atoms with Crippen molar-refractivity contribution in [2.24, 2.45) is 0 Å². The fourth-order valence-corrected chi connectivity index (χ4v) is 3.44. The van der Waals surface area contributed by atoms with Gasteiger partial charge in [0.05, 0.1) is 18.0 Å². The molecule has 6 nitrogen and oxygen atoms in total. The van der Waals surface area contributed by atoms with Crippen molar-refractivity contribution in [3.8, 4) is 22.7 Å². The minimum Gasteiger partial charge on any atom is -0.493 e. The zero-order chi connectivity index (χ0) is 19.7. The summed E-state index contributed by atoms with van der Waals surface area (Å²) in [4.78, 5) is 12.4. The third-order valence-corrected chi connectivity index (χ3v) is 5.12. The molecule has 3 aromatic rings. The highest BCUT2D eigenvalue weighted by Gasteiger charge is 2.13. The van der Waals surface area contributed by atoms with Crippen molar-refractivity contribution in [2.45, 2.75) is 26.3 Å². The zero-order valence-electron chi connectivity index (χ0n) is 16.1. The standard InChI is InChI=1S/C22H23N3O3/c1-15-5-7-19(13-18(15)14-24(2)22(26)27)25-10-9-20(23-25)16-6-8-21-17(12-16)4-3-11-28-21/h5-10,12-13H,3-4,11,14H2,1-2H3,(H,26,27). The predicted octanol–water partition coefficient (Wildman–Crippen LogP) is 4.28. The van der Waals surface area contributed by atoms with Crippen molar-refractivity contribution in [2.75, 3.05) is 13.7 Å². The number of amides is 1. The molecular formula is C22H23N3O3. The maximum atomic E-state index is 11.1. The Morgan fingerprint density at radius 2 is 2.11 bits per heavy atom. The third-order valence-electron chi connectivity index (χ3n) is 5.12. The van der Waals surface area contributed by atoms with Gasteiger partial charge in [-0.25, -0.2) is 9.48 Å². The first kappa shape index (κ1) is 18.1. The van der Waals surface area contributed by atoms with E-state index in [1.54, 1.807) is 7.05 Å². The summed E-state index contributed by atoms with van der Waals surface area (Å²) in [7, 11) is 1.57. The monoisotopic (exact) mass is 377 g/mol. The van der Waals surface area contributed by atoms with Gasteiger partial charge in [0.2, 0.25) is 0 Å².